The number of carbonyl (C=O) groups is 2. The summed E-state index contributed by atoms with van der Waals surface area (Å²) in [5, 5.41) is 0. The van der Waals surface area contributed by atoms with Crippen LogP contribution in [0.1, 0.15) is 27.7 Å². The molecule has 0 amide bonds. The highest BCUT2D eigenvalue weighted by Crippen LogP contribution is 2.43. The Balaban J connectivity index is 3.29. The third-order valence-corrected chi connectivity index (χ3v) is 6.52. The Kier molecular flexibility index (Phi) is 8.48. The van der Waals surface area contributed by atoms with Crippen LogP contribution in [-0.4, -0.2) is 34.6 Å². The highest BCUT2D eigenvalue weighted by Gasteiger charge is 2.34. The normalized spacial score (nSPS) is 16.4. The lowest BCUT2D eigenvalue weighted by Gasteiger charge is -2.21. The van der Waals surface area contributed by atoms with E-state index in [-0.39, 0.29) is 11.6 Å². The topological polar surface area (TPSA) is 34.1 Å². The van der Waals surface area contributed by atoms with E-state index < -0.39 is 0 Å². The first kappa shape index (κ1) is 18.3. The number of hydrogen-bond acceptors (Lipinski definition) is 6. The molecular weight excluding hydrogens is 328 g/mol. The van der Waals surface area contributed by atoms with Crippen molar-refractivity contribution < 1.29 is 9.59 Å². The van der Waals surface area contributed by atoms with Crippen molar-refractivity contribution in [2.45, 2.75) is 27.7 Å². The molecule has 112 valence electrons. The largest absolute Gasteiger partial charge is 0.287 e. The molecule has 0 aromatic rings. The molecule has 1 rings (SSSR count). The molecule has 0 heterocycles. The van der Waals surface area contributed by atoms with Crippen molar-refractivity contribution >= 4 is 58.6 Å². The Bertz CT molecular complexity index is 374. The van der Waals surface area contributed by atoms with Crippen LogP contribution >= 0.6 is 47.0 Å². The Morgan fingerprint density at radius 2 is 0.750 bits per heavy atom. The minimum absolute atomic E-state index is 0.0511. The zero-order valence-corrected chi connectivity index (χ0v) is 15.5. The van der Waals surface area contributed by atoms with Crippen LogP contribution in [-0.2, 0) is 9.59 Å². The number of hydrogen-bond donors (Lipinski definition) is 0. The van der Waals surface area contributed by atoms with Gasteiger partial charge in [-0.05, 0) is 23.0 Å². The van der Waals surface area contributed by atoms with E-state index in [2.05, 4.69) is 0 Å². The van der Waals surface area contributed by atoms with Gasteiger partial charge in [0.1, 0.15) is 0 Å². The Morgan fingerprint density at radius 1 is 0.550 bits per heavy atom. The quantitative estimate of drug-likeness (QED) is 0.598. The van der Waals surface area contributed by atoms with Crippen LogP contribution in [0.5, 0.6) is 0 Å². The SMILES string of the molecule is CCSC1=C(SCC)C(=O)C(SCC)=C(SCC)C1=O. The number of rotatable bonds is 8. The fourth-order valence-electron chi connectivity index (χ4n) is 1.72. The predicted molar refractivity (Wildman–Crippen MR) is 96.6 cm³/mol. The molecule has 0 bridgehead atoms. The number of Topliss-reactive ketones (excluding diaryl/α,β-unsaturated/α-hetero) is 2. The lowest BCUT2D eigenvalue weighted by atomic mass is 10.1. The van der Waals surface area contributed by atoms with Crippen molar-refractivity contribution in [3.05, 3.63) is 19.6 Å². The van der Waals surface area contributed by atoms with Gasteiger partial charge in [0.25, 0.3) is 0 Å². The predicted octanol–water partition coefficient (Wildman–Crippen LogP) is 4.57. The molecule has 1 aliphatic carbocycles. The molecule has 0 radical (unpaired) electrons. The van der Waals surface area contributed by atoms with Crippen LogP contribution in [0.15, 0.2) is 19.6 Å². The molecule has 0 N–H and O–H groups in total. The number of allylic oxidation sites excluding steroid dienone is 4. The van der Waals surface area contributed by atoms with Crippen molar-refractivity contribution in [1.82, 2.24) is 0 Å². The van der Waals surface area contributed by atoms with E-state index in [0.29, 0.717) is 19.6 Å². The van der Waals surface area contributed by atoms with Gasteiger partial charge in [-0.15, -0.1) is 47.0 Å². The summed E-state index contributed by atoms with van der Waals surface area (Å²) in [6, 6.07) is 0. The monoisotopic (exact) mass is 348 g/mol. The molecule has 0 fully saturated rings. The summed E-state index contributed by atoms with van der Waals surface area (Å²) in [7, 11) is 0. The molecule has 0 aromatic heterocycles. The minimum Gasteiger partial charge on any atom is -0.287 e. The molecule has 0 unspecified atom stereocenters. The van der Waals surface area contributed by atoms with E-state index in [1.807, 2.05) is 27.7 Å². The van der Waals surface area contributed by atoms with E-state index in [0.717, 1.165) is 23.0 Å². The van der Waals surface area contributed by atoms with Crippen molar-refractivity contribution in [2.75, 3.05) is 23.0 Å². The van der Waals surface area contributed by atoms with Gasteiger partial charge in [-0.25, -0.2) is 0 Å². The molecule has 0 aromatic carbocycles. The lowest BCUT2D eigenvalue weighted by Crippen LogP contribution is -2.20. The average Bonchev–Trinajstić information content (AvgIpc) is 2.44. The van der Waals surface area contributed by atoms with Crippen molar-refractivity contribution in [2.24, 2.45) is 0 Å². The highest BCUT2D eigenvalue weighted by atomic mass is 32.2. The molecule has 0 atom stereocenters. The third kappa shape index (κ3) is 4.12. The van der Waals surface area contributed by atoms with Crippen LogP contribution in [0.2, 0.25) is 0 Å². The average molecular weight is 349 g/mol. The second-order valence-corrected chi connectivity index (χ2v) is 8.80. The van der Waals surface area contributed by atoms with E-state index in [1.54, 1.807) is 0 Å². The van der Waals surface area contributed by atoms with Crippen LogP contribution in [0.4, 0.5) is 0 Å². The smallest absolute Gasteiger partial charge is 0.208 e. The second-order valence-electron chi connectivity index (χ2n) is 3.71. The molecule has 0 spiro atoms. The Hall–Kier alpha value is 0.220. The van der Waals surface area contributed by atoms with Crippen molar-refractivity contribution in [1.29, 1.82) is 0 Å². The van der Waals surface area contributed by atoms with Gasteiger partial charge in [0, 0.05) is 0 Å². The van der Waals surface area contributed by atoms with Gasteiger partial charge in [0.05, 0.1) is 19.6 Å². The molecule has 2 nitrogen and oxygen atoms in total. The lowest BCUT2D eigenvalue weighted by molar-refractivity contribution is -0.114. The van der Waals surface area contributed by atoms with Gasteiger partial charge < -0.3 is 0 Å². The van der Waals surface area contributed by atoms with Crippen LogP contribution in [0, 0.1) is 0 Å². The summed E-state index contributed by atoms with van der Waals surface area (Å²) >= 11 is 5.97. The van der Waals surface area contributed by atoms with E-state index in [9.17, 15) is 9.59 Å². The molecule has 1 aliphatic rings. The summed E-state index contributed by atoms with van der Waals surface area (Å²) in [6.45, 7) is 8.04. The molecule has 0 aliphatic heterocycles. The summed E-state index contributed by atoms with van der Waals surface area (Å²) in [4.78, 5) is 28.0. The van der Waals surface area contributed by atoms with Gasteiger partial charge in [-0.2, -0.15) is 0 Å². The molecule has 20 heavy (non-hydrogen) atoms. The first-order chi connectivity index (χ1) is 9.62. The minimum atomic E-state index is 0.0511. The van der Waals surface area contributed by atoms with Gasteiger partial charge in [0.2, 0.25) is 11.6 Å². The summed E-state index contributed by atoms with van der Waals surface area (Å²) < 4.78 is 0. The van der Waals surface area contributed by atoms with Gasteiger partial charge in [-0.1, -0.05) is 27.7 Å². The summed E-state index contributed by atoms with van der Waals surface area (Å²) in [5.41, 5.74) is 0. The van der Waals surface area contributed by atoms with Gasteiger partial charge >= 0.3 is 0 Å². The number of ketones is 2. The fourth-order valence-corrected chi connectivity index (χ4v) is 5.54. The van der Waals surface area contributed by atoms with Crippen LogP contribution < -0.4 is 0 Å². The highest BCUT2D eigenvalue weighted by molar-refractivity contribution is 8.10. The zero-order chi connectivity index (χ0) is 15.1. The standard InChI is InChI=1S/C14H20O2S4/c1-5-17-11-9(15)13(19-7-3)14(20-8-4)10(16)12(11)18-6-2/h5-8H2,1-4H3. The molecular formula is C14H20O2S4. The Morgan fingerprint density at radius 3 is 0.900 bits per heavy atom. The maximum Gasteiger partial charge on any atom is 0.208 e. The van der Waals surface area contributed by atoms with Crippen LogP contribution in [0.3, 0.4) is 0 Å². The number of carbonyl (C=O) groups excluding carboxylic acids is 2. The molecule has 0 saturated heterocycles. The van der Waals surface area contributed by atoms with Crippen molar-refractivity contribution in [3.8, 4) is 0 Å². The van der Waals surface area contributed by atoms with Gasteiger partial charge in [0.15, 0.2) is 0 Å². The summed E-state index contributed by atoms with van der Waals surface area (Å²) in [6.07, 6.45) is 0. The second kappa shape index (κ2) is 9.28. The maximum atomic E-state index is 12.7. The Labute approximate surface area is 138 Å². The first-order valence-electron chi connectivity index (χ1n) is 6.71. The van der Waals surface area contributed by atoms with Crippen LogP contribution in [0.25, 0.3) is 0 Å². The fraction of sp³-hybridized carbons (Fsp3) is 0.571. The summed E-state index contributed by atoms with van der Waals surface area (Å²) in [5.74, 6) is 3.33. The van der Waals surface area contributed by atoms with E-state index >= 15 is 0 Å². The third-order valence-electron chi connectivity index (χ3n) is 2.39. The van der Waals surface area contributed by atoms with E-state index in [1.165, 1.54) is 47.0 Å². The maximum absolute atomic E-state index is 12.7. The molecule has 6 heteroatoms. The molecule has 0 saturated carbocycles. The number of thioether (sulfide) groups is 4. The van der Waals surface area contributed by atoms with Crippen molar-refractivity contribution in [3.63, 3.8) is 0 Å². The zero-order valence-electron chi connectivity index (χ0n) is 12.3. The van der Waals surface area contributed by atoms with Gasteiger partial charge in [-0.3, -0.25) is 9.59 Å². The first-order valence-corrected chi connectivity index (χ1v) is 10.7. The van der Waals surface area contributed by atoms with E-state index in [4.69, 9.17) is 0 Å².